The van der Waals surface area contributed by atoms with Gasteiger partial charge < -0.3 is 10.1 Å². The van der Waals surface area contributed by atoms with Crippen molar-refractivity contribution in [2.24, 2.45) is 0 Å². The van der Waals surface area contributed by atoms with E-state index in [4.69, 9.17) is 4.74 Å². The van der Waals surface area contributed by atoms with E-state index < -0.39 is 0 Å². The van der Waals surface area contributed by atoms with Gasteiger partial charge in [0.15, 0.2) is 0 Å². The first kappa shape index (κ1) is 15.8. The van der Waals surface area contributed by atoms with Crippen LogP contribution in [0.3, 0.4) is 0 Å². The topological polar surface area (TPSA) is 21.3 Å². The highest BCUT2D eigenvalue weighted by molar-refractivity contribution is 9.10. The van der Waals surface area contributed by atoms with Gasteiger partial charge in [-0.05, 0) is 58.2 Å². The van der Waals surface area contributed by atoms with E-state index in [2.05, 4.69) is 28.2 Å². The van der Waals surface area contributed by atoms with Gasteiger partial charge in [0.05, 0.1) is 11.1 Å². The van der Waals surface area contributed by atoms with Crippen LogP contribution in [0, 0.1) is 5.82 Å². The predicted molar refractivity (Wildman–Crippen MR) is 88.3 cm³/mol. The molecule has 0 aliphatic heterocycles. The fourth-order valence-electron chi connectivity index (χ4n) is 1.85. The molecule has 0 aliphatic carbocycles. The van der Waals surface area contributed by atoms with Crippen molar-refractivity contribution in [3.63, 3.8) is 0 Å². The zero-order valence-corrected chi connectivity index (χ0v) is 13.6. The molecule has 0 atom stereocenters. The second kappa shape index (κ2) is 8.03. The first-order valence-electron chi connectivity index (χ1n) is 7.09. The standard InChI is InChI=1S/C17H19BrFNO/c1-2-3-10-21-15-7-4-13(5-8-15)12-20-14-6-9-17(19)16(18)11-14/h4-9,11,20H,2-3,10,12H2,1H3. The summed E-state index contributed by atoms with van der Waals surface area (Å²) in [5.41, 5.74) is 2.03. The van der Waals surface area contributed by atoms with Gasteiger partial charge >= 0.3 is 0 Å². The number of nitrogens with one attached hydrogen (secondary N) is 1. The van der Waals surface area contributed by atoms with Gasteiger partial charge in [-0.1, -0.05) is 25.5 Å². The maximum absolute atomic E-state index is 13.1. The Morgan fingerprint density at radius 2 is 1.90 bits per heavy atom. The van der Waals surface area contributed by atoms with E-state index in [0.717, 1.165) is 36.4 Å². The summed E-state index contributed by atoms with van der Waals surface area (Å²) in [4.78, 5) is 0. The van der Waals surface area contributed by atoms with E-state index in [1.165, 1.54) is 6.07 Å². The van der Waals surface area contributed by atoms with Crippen LogP contribution in [0.1, 0.15) is 25.3 Å². The highest BCUT2D eigenvalue weighted by Gasteiger charge is 2.01. The van der Waals surface area contributed by atoms with E-state index in [1.807, 2.05) is 24.3 Å². The van der Waals surface area contributed by atoms with E-state index in [1.54, 1.807) is 12.1 Å². The third-order valence-electron chi connectivity index (χ3n) is 3.11. The number of halogens is 2. The average Bonchev–Trinajstić information content (AvgIpc) is 2.50. The number of anilines is 1. The van der Waals surface area contributed by atoms with Crippen molar-refractivity contribution < 1.29 is 9.13 Å². The number of hydrogen-bond donors (Lipinski definition) is 1. The van der Waals surface area contributed by atoms with E-state index >= 15 is 0 Å². The summed E-state index contributed by atoms with van der Waals surface area (Å²) in [5.74, 6) is 0.644. The predicted octanol–water partition coefficient (Wildman–Crippen LogP) is 5.38. The molecule has 1 N–H and O–H groups in total. The van der Waals surface area contributed by atoms with E-state index in [9.17, 15) is 4.39 Å². The first-order valence-corrected chi connectivity index (χ1v) is 7.89. The second-order valence-electron chi connectivity index (χ2n) is 4.83. The maximum atomic E-state index is 13.1. The van der Waals surface area contributed by atoms with Crippen molar-refractivity contribution in [3.05, 3.63) is 58.3 Å². The molecule has 0 spiro atoms. The van der Waals surface area contributed by atoms with Crippen LogP contribution in [0.4, 0.5) is 10.1 Å². The van der Waals surface area contributed by atoms with E-state index in [-0.39, 0.29) is 5.82 Å². The van der Waals surface area contributed by atoms with Crippen LogP contribution >= 0.6 is 15.9 Å². The molecule has 0 amide bonds. The van der Waals surface area contributed by atoms with E-state index in [0.29, 0.717) is 11.0 Å². The Bertz CT molecular complexity index is 572. The number of rotatable bonds is 7. The van der Waals surface area contributed by atoms with Gasteiger partial charge in [0.1, 0.15) is 11.6 Å². The summed E-state index contributed by atoms with van der Waals surface area (Å²) in [6, 6.07) is 12.9. The van der Waals surface area contributed by atoms with Crippen LogP contribution in [0.2, 0.25) is 0 Å². The Kier molecular flexibility index (Phi) is 6.05. The fraction of sp³-hybridized carbons (Fsp3) is 0.294. The van der Waals surface area contributed by atoms with Crippen molar-refractivity contribution in [2.75, 3.05) is 11.9 Å². The zero-order chi connectivity index (χ0) is 15.1. The van der Waals surface area contributed by atoms with Crippen LogP contribution in [-0.2, 0) is 6.54 Å². The van der Waals surface area contributed by atoms with Gasteiger partial charge in [0.2, 0.25) is 0 Å². The van der Waals surface area contributed by atoms with Crippen LogP contribution < -0.4 is 10.1 Å². The second-order valence-corrected chi connectivity index (χ2v) is 5.68. The molecule has 0 aromatic heterocycles. The van der Waals surface area contributed by atoms with Gasteiger partial charge in [0, 0.05) is 12.2 Å². The molecule has 2 rings (SSSR count). The van der Waals surface area contributed by atoms with Gasteiger partial charge in [-0.25, -0.2) is 4.39 Å². The minimum absolute atomic E-state index is 0.255. The summed E-state index contributed by atoms with van der Waals surface area (Å²) < 4.78 is 19.2. The summed E-state index contributed by atoms with van der Waals surface area (Å²) in [6.07, 6.45) is 2.21. The summed E-state index contributed by atoms with van der Waals surface area (Å²) >= 11 is 3.18. The molecule has 0 radical (unpaired) electrons. The molecule has 0 heterocycles. The molecule has 2 nitrogen and oxygen atoms in total. The lowest BCUT2D eigenvalue weighted by molar-refractivity contribution is 0.309. The maximum Gasteiger partial charge on any atom is 0.137 e. The molecule has 0 bridgehead atoms. The third-order valence-corrected chi connectivity index (χ3v) is 3.71. The van der Waals surface area contributed by atoms with Crippen LogP contribution in [0.25, 0.3) is 0 Å². The summed E-state index contributed by atoms with van der Waals surface area (Å²) in [7, 11) is 0. The van der Waals surface area contributed by atoms with Gasteiger partial charge in [-0.3, -0.25) is 0 Å². The van der Waals surface area contributed by atoms with Gasteiger partial charge in [-0.2, -0.15) is 0 Å². The van der Waals surface area contributed by atoms with Gasteiger partial charge in [-0.15, -0.1) is 0 Å². The highest BCUT2D eigenvalue weighted by Crippen LogP contribution is 2.21. The van der Waals surface area contributed by atoms with Crippen LogP contribution in [0.15, 0.2) is 46.9 Å². The van der Waals surface area contributed by atoms with Crippen LogP contribution in [-0.4, -0.2) is 6.61 Å². The Balaban J connectivity index is 1.86. The SMILES string of the molecule is CCCCOc1ccc(CNc2ccc(F)c(Br)c2)cc1. The summed E-state index contributed by atoms with van der Waals surface area (Å²) in [5, 5.41) is 3.26. The molecule has 2 aromatic carbocycles. The molecule has 4 heteroatoms. The quantitative estimate of drug-likeness (QED) is 0.676. The fourth-order valence-corrected chi connectivity index (χ4v) is 2.23. The molecule has 0 unspecified atom stereocenters. The normalized spacial score (nSPS) is 10.4. The molecular weight excluding hydrogens is 333 g/mol. The van der Waals surface area contributed by atoms with Crippen molar-refractivity contribution in [2.45, 2.75) is 26.3 Å². The van der Waals surface area contributed by atoms with Crippen molar-refractivity contribution in [1.82, 2.24) is 0 Å². The molecule has 112 valence electrons. The zero-order valence-electron chi connectivity index (χ0n) is 12.0. The monoisotopic (exact) mass is 351 g/mol. The Morgan fingerprint density at radius 1 is 1.14 bits per heavy atom. The smallest absolute Gasteiger partial charge is 0.137 e. The number of ether oxygens (including phenoxy) is 1. The Hall–Kier alpha value is -1.55. The number of hydrogen-bond acceptors (Lipinski definition) is 2. The summed E-state index contributed by atoms with van der Waals surface area (Å²) in [6.45, 7) is 3.59. The van der Waals surface area contributed by atoms with Crippen LogP contribution in [0.5, 0.6) is 5.75 Å². The first-order chi connectivity index (χ1) is 10.2. The molecule has 21 heavy (non-hydrogen) atoms. The average molecular weight is 352 g/mol. The minimum Gasteiger partial charge on any atom is -0.494 e. The Morgan fingerprint density at radius 3 is 2.57 bits per heavy atom. The minimum atomic E-state index is -0.255. The highest BCUT2D eigenvalue weighted by atomic mass is 79.9. The Labute approximate surface area is 133 Å². The number of unbranched alkanes of at least 4 members (excludes halogenated alkanes) is 1. The third kappa shape index (κ3) is 5.05. The van der Waals surface area contributed by atoms with Gasteiger partial charge in [0.25, 0.3) is 0 Å². The van der Waals surface area contributed by atoms with Crippen molar-refractivity contribution >= 4 is 21.6 Å². The molecule has 2 aromatic rings. The number of benzene rings is 2. The van der Waals surface area contributed by atoms with Crippen molar-refractivity contribution in [3.8, 4) is 5.75 Å². The lowest BCUT2D eigenvalue weighted by Gasteiger charge is -2.09. The largest absolute Gasteiger partial charge is 0.494 e. The molecule has 0 saturated carbocycles. The lowest BCUT2D eigenvalue weighted by atomic mass is 10.2. The molecular formula is C17H19BrFNO. The van der Waals surface area contributed by atoms with Crippen molar-refractivity contribution in [1.29, 1.82) is 0 Å². The lowest BCUT2D eigenvalue weighted by Crippen LogP contribution is -2.00. The molecule has 0 aliphatic rings. The molecule has 0 fully saturated rings. The molecule has 0 saturated heterocycles.